The predicted molar refractivity (Wildman–Crippen MR) is 157 cm³/mol. The van der Waals surface area contributed by atoms with E-state index in [1.54, 1.807) is 13.2 Å². The number of hydrogen-bond donors (Lipinski definition) is 4. The van der Waals surface area contributed by atoms with E-state index in [1.165, 1.54) is 13.2 Å². The maximum Gasteiger partial charge on any atom is 0.303 e. The van der Waals surface area contributed by atoms with Gasteiger partial charge in [-0.25, -0.2) is 0 Å². The van der Waals surface area contributed by atoms with Gasteiger partial charge in [-0.2, -0.15) is 0 Å². The number of halogens is 1. The Bertz CT molecular complexity index is 963. The van der Waals surface area contributed by atoms with Crippen LogP contribution >= 0.6 is 11.6 Å². The SMILES string of the molecule is COc1cc(N)c(Cl)cc1C(=O)N[C@@H]1CCN(CC(C)CCCC(=O)NCCCCCCCC(=O)O)C[C@@H]1OC. The lowest BCUT2D eigenvalue weighted by atomic mass is 9.97. The van der Waals surface area contributed by atoms with Crippen LogP contribution in [-0.4, -0.2) is 80.3 Å². The van der Waals surface area contributed by atoms with E-state index in [4.69, 9.17) is 31.9 Å². The van der Waals surface area contributed by atoms with Crippen molar-refractivity contribution in [3.05, 3.63) is 22.7 Å². The first-order valence-corrected chi connectivity index (χ1v) is 14.7. The lowest BCUT2D eigenvalue weighted by molar-refractivity contribution is -0.137. The zero-order valence-electron chi connectivity index (χ0n) is 24.2. The molecule has 0 aliphatic carbocycles. The summed E-state index contributed by atoms with van der Waals surface area (Å²) < 4.78 is 11.1. The quantitative estimate of drug-likeness (QED) is 0.150. The van der Waals surface area contributed by atoms with E-state index in [-0.39, 0.29) is 30.4 Å². The second-order valence-electron chi connectivity index (χ2n) is 10.7. The maximum absolute atomic E-state index is 13.0. The first kappa shape index (κ1) is 33.6. The molecule has 0 bridgehead atoms. The van der Waals surface area contributed by atoms with Crippen LogP contribution in [0.15, 0.2) is 12.1 Å². The number of aliphatic carboxylic acids is 1. The Kier molecular flexibility index (Phi) is 15.1. The molecule has 0 radical (unpaired) electrons. The van der Waals surface area contributed by atoms with E-state index in [0.717, 1.165) is 64.5 Å². The monoisotopic (exact) mass is 582 g/mol. The Morgan fingerprint density at radius 1 is 1.12 bits per heavy atom. The van der Waals surface area contributed by atoms with Crippen LogP contribution in [-0.2, 0) is 14.3 Å². The average Bonchev–Trinajstić information content (AvgIpc) is 2.91. The summed E-state index contributed by atoms with van der Waals surface area (Å²) in [7, 11) is 3.15. The first-order chi connectivity index (χ1) is 19.1. The van der Waals surface area contributed by atoms with Gasteiger partial charge in [-0.05, 0) is 44.1 Å². The largest absolute Gasteiger partial charge is 0.496 e. The highest BCUT2D eigenvalue weighted by Crippen LogP contribution is 2.29. The number of benzene rings is 1. The molecule has 0 saturated carbocycles. The highest BCUT2D eigenvalue weighted by atomic mass is 35.5. The second kappa shape index (κ2) is 18.0. The summed E-state index contributed by atoms with van der Waals surface area (Å²) in [5, 5.41) is 15.0. The van der Waals surface area contributed by atoms with Gasteiger partial charge in [-0.3, -0.25) is 14.4 Å². The number of anilines is 1. The summed E-state index contributed by atoms with van der Waals surface area (Å²) in [6.07, 6.45) is 7.73. The molecule has 1 aromatic rings. The van der Waals surface area contributed by atoms with Crippen LogP contribution in [0.25, 0.3) is 0 Å². The smallest absolute Gasteiger partial charge is 0.303 e. The number of methoxy groups -OCH3 is 2. The summed E-state index contributed by atoms with van der Waals surface area (Å²) >= 11 is 6.13. The third-order valence-electron chi connectivity index (χ3n) is 7.39. The molecule has 2 amide bonds. The Labute approximate surface area is 243 Å². The molecule has 0 aromatic heterocycles. The fraction of sp³-hybridized carbons (Fsp3) is 0.690. The van der Waals surface area contributed by atoms with Crippen molar-refractivity contribution in [1.82, 2.24) is 15.5 Å². The molecule has 1 aliphatic heterocycles. The van der Waals surface area contributed by atoms with Gasteiger partial charge in [-0.1, -0.05) is 37.8 Å². The number of carboxylic acids is 1. The Morgan fingerprint density at radius 2 is 1.85 bits per heavy atom. The minimum Gasteiger partial charge on any atom is -0.496 e. The molecule has 1 fully saturated rings. The van der Waals surface area contributed by atoms with E-state index in [9.17, 15) is 14.4 Å². The molecule has 11 heteroatoms. The standard InChI is InChI=1S/C29H47ClN4O6/c1-20(10-9-11-27(35)32-14-8-6-4-5-7-12-28(36)37)18-34-15-13-24(26(19-34)40-3)33-29(38)21-16-22(30)23(31)17-25(21)39-2/h16-17,20,24,26H,4-15,18-19,31H2,1-3H3,(H,32,35)(H,33,38)(H,36,37)/t20?,24-,26+/m1/s1. The van der Waals surface area contributed by atoms with Gasteiger partial charge >= 0.3 is 5.97 Å². The number of unbranched alkanes of at least 4 members (excludes halogenated alkanes) is 4. The average molecular weight is 583 g/mol. The number of nitrogen functional groups attached to an aromatic ring is 1. The van der Waals surface area contributed by atoms with Crippen LogP contribution in [0.5, 0.6) is 5.75 Å². The van der Waals surface area contributed by atoms with Crippen LogP contribution in [0.4, 0.5) is 5.69 Å². The molecule has 226 valence electrons. The molecule has 1 aliphatic rings. The van der Waals surface area contributed by atoms with Crippen LogP contribution in [0.1, 0.15) is 81.5 Å². The molecule has 1 aromatic carbocycles. The van der Waals surface area contributed by atoms with E-state index in [0.29, 0.717) is 47.5 Å². The molecule has 1 heterocycles. The number of nitrogens with zero attached hydrogens (tertiary/aromatic N) is 1. The number of hydrogen-bond acceptors (Lipinski definition) is 7. The molecule has 1 saturated heterocycles. The fourth-order valence-corrected chi connectivity index (χ4v) is 5.27. The van der Waals surface area contributed by atoms with Crippen molar-refractivity contribution in [1.29, 1.82) is 0 Å². The number of rotatable bonds is 18. The highest BCUT2D eigenvalue weighted by molar-refractivity contribution is 6.33. The normalized spacial score (nSPS) is 18.2. The third kappa shape index (κ3) is 11.9. The molecular formula is C29H47ClN4O6. The first-order valence-electron chi connectivity index (χ1n) is 14.3. The van der Waals surface area contributed by atoms with Crippen molar-refractivity contribution in [2.45, 2.75) is 83.3 Å². The van der Waals surface area contributed by atoms with Gasteiger partial charge in [0.1, 0.15) is 5.75 Å². The van der Waals surface area contributed by atoms with Crippen LogP contribution < -0.4 is 21.1 Å². The van der Waals surface area contributed by atoms with Gasteiger partial charge in [0.25, 0.3) is 5.91 Å². The van der Waals surface area contributed by atoms with Gasteiger partial charge < -0.3 is 35.8 Å². The Hall–Kier alpha value is -2.56. The van der Waals surface area contributed by atoms with E-state index < -0.39 is 5.97 Å². The highest BCUT2D eigenvalue weighted by Gasteiger charge is 2.31. The number of likely N-dealkylation sites (tertiary alicyclic amines) is 1. The zero-order valence-corrected chi connectivity index (χ0v) is 24.9. The van der Waals surface area contributed by atoms with Gasteiger partial charge in [0.05, 0.1) is 35.5 Å². The minimum absolute atomic E-state index is 0.0908. The number of nitrogens with one attached hydrogen (secondary N) is 2. The van der Waals surface area contributed by atoms with Crippen molar-refractivity contribution in [2.24, 2.45) is 5.92 Å². The number of carboxylic acid groups (broad SMARTS) is 1. The Balaban J connectivity index is 1.65. The van der Waals surface area contributed by atoms with Crippen LogP contribution in [0, 0.1) is 5.92 Å². The number of amides is 2. The number of carbonyl (C=O) groups excluding carboxylic acids is 2. The fourth-order valence-electron chi connectivity index (χ4n) is 5.10. The van der Waals surface area contributed by atoms with Gasteiger partial charge in [0, 0.05) is 52.2 Å². The lowest BCUT2D eigenvalue weighted by Crippen LogP contribution is -2.55. The van der Waals surface area contributed by atoms with E-state index >= 15 is 0 Å². The summed E-state index contributed by atoms with van der Waals surface area (Å²) in [6, 6.07) is 2.93. The third-order valence-corrected chi connectivity index (χ3v) is 7.71. The van der Waals surface area contributed by atoms with Crippen molar-refractivity contribution in [3.8, 4) is 5.75 Å². The van der Waals surface area contributed by atoms with Crippen molar-refractivity contribution >= 4 is 35.1 Å². The minimum atomic E-state index is -0.741. The summed E-state index contributed by atoms with van der Waals surface area (Å²) in [6.45, 7) is 5.34. The maximum atomic E-state index is 13.0. The number of carbonyl (C=O) groups is 3. The Morgan fingerprint density at radius 3 is 2.55 bits per heavy atom. The van der Waals surface area contributed by atoms with Gasteiger partial charge in [0.2, 0.25) is 5.91 Å². The van der Waals surface area contributed by atoms with Crippen LogP contribution in [0.3, 0.4) is 0 Å². The van der Waals surface area contributed by atoms with Crippen molar-refractivity contribution in [3.63, 3.8) is 0 Å². The van der Waals surface area contributed by atoms with E-state index in [1.807, 2.05) is 0 Å². The zero-order chi connectivity index (χ0) is 29.5. The number of ether oxygens (including phenoxy) is 2. The van der Waals surface area contributed by atoms with E-state index in [2.05, 4.69) is 22.5 Å². The molecule has 2 rings (SSSR count). The summed E-state index contributed by atoms with van der Waals surface area (Å²) in [4.78, 5) is 38.0. The van der Waals surface area contributed by atoms with Crippen LogP contribution in [0.2, 0.25) is 5.02 Å². The molecule has 5 N–H and O–H groups in total. The topological polar surface area (TPSA) is 143 Å². The molecule has 1 unspecified atom stereocenters. The number of piperidine rings is 1. The van der Waals surface area contributed by atoms with Crippen molar-refractivity contribution in [2.75, 3.05) is 46.1 Å². The summed E-state index contributed by atoms with van der Waals surface area (Å²) in [5.41, 5.74) is 6.53. The molecule has 40 heavy (non-hydrogen) atoms. The number of nitrogens with two attached hydrogens (primary N) is 1. The molecular weight excluding hydrogens is 536 g/mol. The molecule has 10 nitrogen and oxygen atoms in total. The van der Waals surface area contributed by atoms with Crippen molar-refractivity contribution < 1.29 is 29.0 Å². The van der Waals surface area contributed by atoms with Gasteiger partial charge in [-0.15, -0.1) is 0 Å². The lowest BCUT2D eigenvalue weighted by Gasteiger charge is -2.39. The predicted octanol–water partition coefficient (Wildman–Crippen LogP) is 4.10. The molecule has 0 spiro atoms. The van der Waals surface area contributed by atoms with Gasteiger partial charge in [0.15, 0.2) is 0 Å². The summed E-state index contributed by atoms with van der Waals surface area (Å²) in [5.74, 6) is -0.119. The second-order valence-corrected chi connectivity index (χ2v) is 11.1. The molecule has 3 atom stereocenters.